The van der Waals surface area contributed by atoms with Gasteiger partial charge in [-0.2, -0.15) is 5.10 Å². The summed E-state index contributed by atoms with van der Waals surface area (Å²) in [7, 11) is -1.98. The second-order valence-electron chi connectivity index (χ2n) is 8.36. The predicted molar refractivity (Wildman–Crippen MR) is 124 cm³/mol. The maximum atomic E-state index is 13.7. The highest BCUT2D eigenvalue weighted by Crippen LogP contribution is 2.44. The lowest BCUT2D eigenvalue weighted by molar-refractivity contribution is 0.0696. The molecule has 2 aromatic carbocycles. The lowest BCUT2D eigenvalue weighted by atomic mass is 10.1. The van der Waals surface area contributed by atoms with Crippen molar-refractivity contribution >= 4 is 15.8 Å². The molecule has 0 radical (unpaired) electrons. The minimum atomic E-state index is -3.81. The zero-order chi connectivity index (χ0) is 23.2. The van der Waals surface area contributed by atoms with Gasteiger partial charge in [-0.05, 0) is 72.4 Å². The van der Waals surface area contributed by atoms with Crippen molar-refractivity contribution in [2.24, 2.45) is 7.05 Å². The average molecular weight is 462 g/mol. The number of aromatic carboxylic acids is 1. The molecule has 1 aliphatic rings. The van der Waals surface area contributed by atoms with Crippen LogP contribution in [-0.2, 0) is 22.6 Å². The Hall–Kier alpha value is -3.65. The molecule has 0 amide bonds. The zero-order valence-electron chi connectivity index (χ0n) is 18.0. The maximum Gasteiger partial charge on any atom is 0.335 e. The number of carboxylic acids is 1. The molecule has 168 valence electrons. The number of benzene rings is 2. The molecule has 5 rings (SSSR count). The van der Waals surface area contributed by atoms with Crippen LogP contribution in [0.2, 0.25) is 0 Å². The van der Waals surface area contributed by atoms with Crippen molar-refractivity contribution in [3.05, 3.63) is 89.9 Å². The first-order chi connectivity index (χ1) is 15.8. The Kier molecular flexibility index (Phi) is 5.17. The number of carbonyl (C=O) groups is 1. The van der Waals surface area contributed by atoms with E-state index in [1.54, 1.807) is 16.9 Å². The van der Waals surface area contributed by atoms with Crippen molar-refractivity contribution in [1.82, 2.24) is 14.3 Å². The maximum absolute atomic E-state index is 13.7. The van der Waals surface area contributed by atoms with Gasteiger partial charge in [0, 0.05) is 36.9 Å². The number of aryl methyl sites for hydroxylation is 1. The Morgan fingerprint density at radius 3 is 2.48 bits per heavy atom. The van der Waals surface area contributed by atoms with E-state index in [4.69, 9.17) is 0 Å². The van der Waals surface area contributed by atoms with Gasteiger partial charge in [0.15, 0.2) is 9.84 Å². The molecular weight excluding hydrogens is 438 g/mol. The number of aromatic nitrogens is 3. The highest BCUT2D eigenvalue weighted by Gasteiger charge is 2.31. The summed E-state index contributed by atoms with van der Waals surface area (Å²) in [6.07, 6.45) is 7.27. The third-order valence-electron chi connectivity index (χ3n) is 6.04. The van der Waals surface area contributed by atoms with Gasteiger partial charge in [0.2, 0.25) is 0 Å². The summed E-state index contributed by atoms with van der Waals surface area (Å²) >= 11 is 0. The van der Waals surface area contributed by atoms with Crippen LogP contribution in [0.1, 0.15) is 40.2 Å². The molecule has 0 saturated heterocycles. The summed E-state index contributed by atoms with van der Waals surface area (Å²) in [5.74, 6) is -1.21. The van der Waals surface area contributed by atoms with E-state index >= 15 is 0 Å². The number of nitrogens with zero attached hydrogens (tertiary/aromatic N) is 3. The molecule has 1 saturated carbocycles. The lowest BCUT2D eigenvalue weighted by Crippen LogP contribution is -2.12. The minimum Gasteiger partial charge on any atom is -0.478 e. The summed E-state index contributed by atoms with van der Waals surface area (Å²) < 4.78 is 31.0. The van der Waals surface area contributed by atoms with Crippen molar-refractivity contribution in [1.29, 1.82) is 0 Å². The van der Waals surface area contributed by atoms with E-state index in [0.29, 0.717) is 11.1 Å². The largest absolute Gasteiger partial charge is 0.478 e. The first-order valence-corrected chi connectivity index (χ1v) is 12.3. The van der Waals surface area contributed by atoms with E-state index in [2.05, 4.69) is 5.10 Å². The van der Waals surface area contributed by atoms with Crippen molar-refractivity contribution < 1.29 is 18.3 Å². The molecular formula is C25H23N3O4S. The van der Waals surface area contributed by atoms with Gasteiger partial charge in [0.25, 0.3) is 0 Å². The molecule has 0 bridgehead atoms. The fourth-order valence-corrected chi connectivity index (χ4v) is 5.91. The number of carboxylic acid groups (broad SMARTS) is 1. The quantitative estimate of drug-likeness (QED) is 0.439. The number of hydrogen-bond donors (Lipinski definition) is 1. The molecule has 0 unspecified atom stereocenters. The van der Waals surface area contributed by atoms with E-state index in [9.17, 15) is 18.3 Å². The van der Waals surface area contributed by atoms with Crippen LogP contribution in [0.4, 0.5) is 0 Å². The third kappa shape index (κ3) is 4.09. The van der Waals surface area contributed by atoms with E-state index in [1.165, 1.54) is 12.1 Å². The fourth-order valence-electron chi connectivity index (χ4n) is 4.22. The Bertz CT molecular complexity index is 1450. The second-order valence-corrected chi connectivity index (χ2v) is 10.3. The number of sulfone groups is 1. The highest BCUT2D eigenvalue weighted by molar-refractivity contribution is 7.90. The van der Waals surface area contributed by atoms with Gasteiger partial charge in [-0.15, -0.1) is 0 Å². The van der Waals surface area contributed by atoms with Crippen LogP contribution in [0.3, 0.4) is 0 Å². The van der Waals surface area contributed by atoms with Gasteiger partial charge in [-0.1, -0.05) is 12.1 Å². The first kappa shape index (κ1) is 21.2. The predicted octanol–water partition coefficient (Wildman–Crippen LogP) is 4.43. The highest BCUT2D eigenvalue weighted by atomic mass is 32.2. The van der Waals surface area contributed by atoms with Crippen molar-refractivity contribution in [2.45, 2.75) is 29.4 Å². The zero-order valence-corrected chi connectivity index (χ0v) is 18.9. The summed E-state index contributed by atoms with van der Waals surface area (Å²) in [6.45, 7) is 0. The van der Waals surface area contributed by atoms with E-state index in [1.807, 2.05) is 60.4 Å². The molecule has 8 heteroatoms. The molecule has 0 atom stereocenters. The fraction of sp³-hybridized carbons (Fsp3) is 0.200. The molecule has 1 fully saturated rings. The van der Waals surface area contributed by atoms with E-state index < -0.39 is 15.8 Å². The van der Waals surface area contributed by atoms with Gasteiger partial charge >= 0.3 is 5.97 Å². The standard InChI is InChI=1S/C25H23N3O4S/c1-27-22(10-11-26-27)18-7-9-23(28-12-2-3-13-28)20(14-18)16-33(31,32)24-15-19(25(29)30)6-8-21(24)17-4-5-17/h2-3,6-15,17H,4-5,16H2,1H3,(H,29,30). The normalized spacial score (nSPS) is 13.8. The summed E-state index contributed by atoms with van der Waals surface area (Å²) in [4.78, 5) is 11.7. The van der Waals surface area contributed by atoms with Crippen LogP contribution < -0.4 is 0 Å². The molecule has 4 aromatic rings. The third-order valence-corrected chi connectivity index (χ3v) is 7.75. The van der Waals surface area contributed by atoms with E-state index in [-0.39, 0.29) is 22.1 Å². The van der Waals surface area contributed by atoms with Crippen molar-refractivity contribution in [2.75, 3.05) is 0 Å². The Morgan fingerprint density at radius 2 is 1.85 bits per heavy atom. The molecule has 2 aromatic heterocycles. The van der Waals surface area contributed by atoms with Gasteiger partial charge in [-0.25, -0.2) is 13.2 Å². The van der Waals surface area contributed by atoms with Crippen LogP contribution in [0.25, 0.3) is 16.9 Å². The SMILES string of the molecule is Cn1nccc1-c1ccc(-n2cccc2)c(CS(=O)(=O)c2cc(C(=O)O)ccc2C2CC2)c1. The molecule has 7 nitrogen and oxygen atoms in total. The molecule has 1 N–H and O–H groups in total. The molecule has 0 spiro atoms. The Morgan fingerprint density at radius 1 is 1.09 bits per heavy atom. The van der Waals surface area contributed by atoms with Gasteiger partial charge in [0.1, 0.15) is 0 Å². The topological polar surface area (TPSA) is 94.2 Å². The minimum absolute atomic E-state index is 0.0211. The molecule has 2 heterocycles. The van der Waals surface area contributed by atoms with Crippen molar-refractivity contribution in [3.63, 3.8) is 0 Å². The summed E-state index contributed by atoms with van der Waals surface area (Å²) in [6, 6.07) is 15.8. The molecule has 33 heavy (non-hydrogen) atoms. The van der Waals surface area contributed by atoms with E-state index in [0.717, 1.165) is 29.8 Å². The number of rotatable bonds is 7. The monoisotopic (exact) mass is 461 g/mol. The van der Waals surface area contributed by atoms with Gasteiger partial charge in [0.05, 0.1) is 21.9 Å². The van der Waals surface area contributed by atoms with Crippen molar-refractivity contribution in [3.8, 4) is 16.9 Å². The molecule has 1 aliphatic carbocycles. The lowest BCUT2D eigenvalue weighted by Gasteiger charge is -2.16. The van der Waals surface area contributed by atoms with Gasteiger partial charge < -0.3 is 9.67 Å². The first-order valence-electron chi connectivity index (χ1n) is 10.7. The Balaban J connectivity index is 1.63. The van der Waals surface area contributed by atoms with Gasteiger partial charge in [-0.3, -0.25) is 4.68 Å². The summed E-state index contributed by atoms with van der Waals surface area (Å²) in [5, 5.41) is 13.7. The van der Waals surface area contributed by atoms with Crippen LogP contribution in [0.15, 0.2) is 78.1 Å². The van der Waals surface area contributed by atoms with Crippen LogP contribution in [-0.4, -0.2) is 33.8 Å². The van der Waals surface area contributed by atoms with Crippen LogP contribution in [0, 0.1) is 0 Å². The Labute approximate surface area is 191 Å². The summed E-state index contributed by atoms with van der Waals surface area (Å²) in [5.41, 5.74) is 3.82. The number of hydrogen-bond acceptors (Lipinski definition) is 4. The smallest absolute Gasteiger partial charge is 0.335 e. The average Bonchev–Trinajstić information content (AvgIpc) is 3.31. The second kappa shape index (κ2) is 8.04. The van der Waals surface area contributed by atoms with Crippen LogP contribution in [0.5, 0.6) is 0 Å². The molecule has 0 aliphatic heterocycles. The van der Waals surface area contributed by atoms with Crippen LogP contribution >= 0.6 is 0 Å².